The predicted molar refractivity (Wildman–Crippen MR) is 137 cm³/mol. The van der Waals surface area contributed by atoms with Gasteiger partial charge in [-0.2, -0.15) is 0 Å². The summed E-state index contributed by atoms with van der Waals surface area (Å²) in [7, 11) is 0. The van der Waals surface area contributed by atoms with Gasteiger partial charge in [0.1, 0.15) is 5.69 Å². The molecular formula is C29H26FeN4O. The molecule has 0 N–H and O–H groups in total. The number of aromatic nitrogens is 3. The Morgan fingerprint density at radius 3 is 2.23 bits per heavy atom. The first kappa shape index (κ1) is 24.4. The molecule has 5 nitrogen and oxygen atoms in total. The monoisotopic (exact) mass is 502 g/mol. The minimum Gasteiger partial charge on any atom is -0.301 e. The second-order valence-corrected chi connectivity index (χ2v) is 8.22. The van der Waals surface area contributed by atoms with Crippen molar-refractivity contribution in [1.82, 2.24) is 15.0 Å². The molecule has 6 heteroatoms. The molecular weight excluding hydrogens is 476 g/mol. The first-order valence-electron chi connectivity index (χ1n) is 11.5. The molecule has 1 unspecified atom stereocenters. The van der Waals surface area contributed by atoms with Crippen LogP contribution in [0.15, 0.2) is 115 Å². The number of hydrogen-bond donors (Lipinski definition) is 0. The minimum atomic E-state index is -0.401. The summed E-state index contributed by atoms with van der Waals surface area (Å²) >= 11 is 0. The molecule has 2 aromatic carbocycles. The van der Waals surface area contributed by atoms with Crippen molar-refractivity contribution in [3.8, 4) is 0 Å². The summed E-state index contributed by atoms with van der Waals surface area (Å²) in [4.78, 5) is 14.9. The molecule has 176 valence electrons. The smallest absolute Gasteiger partial charge is 0.255 e. The maximum atomic E-state index is 13.1. The Hall–Kier alpha value is -3.73. The van der Waals surface area contributed by atoms with Crippen molar-refractivity contribution in [3.63, 3.8) is 0 Å². The number of nitrogens with zero attached hydrogens (tertiary/aromatic N) is 4. The number of allylic oxidation sites excluding steroid dienone is 8. The molecule has 0 radical (unpaired) electrons. The van der Waals surface area contributed by atoms with Crippen molar-refractivity contribution in [1.29, 1.82) is 0 Å². The molecule has 0 bridgehead atoms. The molecule has 1 aliphatic heterocycles. The van der Waals surface area contributed by atoms with Gasteiger partial charge in [-0.3, -0.25) is 4.79 Å². The molecule has 0 spiro atoms. The summed E-state index contributed by atoms with van der Waals surface area (Å²) in [6.45, 7) is 0. The van der Waals surface area contributed by atoms with Crippen molar-refractivity contribution in [3.05, 3.63) is 127 Å². The third-order valence-electron chi connectivity index (χ3n) is 5.95. The Bertz CT molecular complexity index is 1280. The first-order valence-corrected chi connectivity index (χ1v) is 11.5. The summed E-state index contributed by atoms with van der Waals surface area (Å²) < 4.78 is 1.70. The molecule has 1 fully saturated rings. The third kappa shape index (κ3) is 5.51. The van der Waals surface area contributed by atoms with Crippen LogP contribution >= 0.6 is 0 Å². The van der Waals surface area contributed by atoms with E-state index < -0.39 is 6.04 Å². The number of carbonyl (C=O) groups is 1. The van der Waals surface area contributed by atoms with Crippen LogP contribution < -0.4 is 4.90 Å². The molecule has 1 amide bonds. The number of rotatable bonds is 5. The fraction of sp³-hybridized carbons (Fsp3) is 0.138. The van der Waals surface area contributed by atoms with Gasteiger partial charge in [0.2, 0.25) is 0 Å². The number of benzene rings is 2. The fourth-order valence-electron chi connectivity index (χ4n) is 4.20. The van der Waals surface area contributed by atoms with Gasteiger partial charge in [-0.05, 0) is 36.1 Å². The Kier molecular flexibility index (Phi) is 8.09. The van der Waals surface area contributed by atoms with Crippen molar-refractivity contribution in [2.45, 2.75) is 24.9 Å². The SMILES string of the molecule is C1=CCC=C1.O=C1C(n2cc(C3=CCC=C3)nn2)[C@@H](/C=C/c2ccccc2)N1c1ccccc1.[Fe]. The standard InChI is InChI=1S/C24H20N4O.C5H6.Fe/c29-24-23(27-17-21(25-26-27)19-11-7-8-12-19)22(16-15-18-9-3-1-4-10-18)28(24)20-13-5-2-6-14-20;1-2-4-5-3-1;/h1-7,9-17,22-23H,8H2;1-4H,5H2;/b16-15+;;/t22-,23?;;/m1../s1. The average molecular weight is 502 g/mol. The quantitative estimate of drug-likeness (QED) is 0.328. The van der Waals surface area contributed by atoms with E-state index in [1.54, 1.807) is 4.68 Å². The van der Waals surface area contributed by atoms with Gasteiger partial charge in [-0.1, -0.05) is 108 Å². The molecule has 6 rings (SSSR count). The Morgan fingerprint density at radius 1 is 0.886 bits per heavy atom. The van der Waals surface area contributed by atoms with E-state index in [1.165, 1.54) is 0 Å². The zero-order valence-corrected chi connectivity index (χ0v) is 20.3. The van der Waals surface area contributed by atoms with Gasteiger partial charge in [0.25, 0.3) is 5.91 Å². The van der Waals surface area contributed by atoms with Gasteiger partial charge >= 0.3 is 0 Å². The van der Waals surface area contributed by atoms with Gasteiger partial charge in [0.15, 0.2) is 6.04 Å². The van der Waals surface area contributed by atoms with Crippen LogP contribution in [0.25, 0.3) is 11.6 Å². The van der Waals surface area contributed by atoms with Gasteiger partial charge < -0.3 is 4.90 Å². The molecule has 2 aliphatic carbocycles. The molecule has 1 saturated heterocycles. The molecule has 0 saturated carbocycles. The van der Waals surface area contributed by atoms with Gasteiger partial charge in [0, 0.05) is 22.8 Å². The second kappa shape index (κ2) is 11.6. The third-order valence-corrected chi connectivity index (χ3v) is 5.95. The molecule has 2 heterocycles. The average Bonchev–Trinajstić information content (AvgIpc) is 3.67. The first-order chi connectivity index (χ1) is 16.8. The fourth-order valence-corrected chi connectivity index (χ4v) is 4.20. The second-order valence-electron chi connectivity index (χ2n) is 8.22. The van der Waals surface area contributed by atoms with Gasteiger partial charge in [0.05, 0.1) is 12.2 Å². The van der Waals surface area contributed by atoms with E-state index in [-0.39, 0.29) is 29.0 Å². The zero-order chi connectivity index (χ0) is 23.2. The maximum Gasteiger partial charge on any atom is 0.255 e. The number of hydrogen-bond acceptors (Lipinski definition) is 3. The van der Waals surface area contributed by atoms with Crippen LogP contribution in [0.5, 0.6) is 0 Å². The number of para-hydroxylation sites is 1. The molecule has 3 aromatic rings. The Balaban J connectivity index is 0.000000431. The normalized spacial score (nSPS) is 19.8. The summed E-state index contributed by atoms with van der Waals surface area (Å²) in [5.41, 5.74) is 3.84. The Morgan fingerprint density at radius 2 is 1.60 bits per heavy atom. The van der Waals surface area contributed by atoms with Crippen molar-refractivity contribution >= 4 is 23.2 Å². The van der Waals surface area contributed by atoms with E-state index in [9.17, 15) is 4.79 Å². The van der Waals surface area contributed by atoms with Crippen LogP contribution in [-0.4, -0.2) is 26.9 Å². The summed E-state index contributed by atoms with van der Waals surface area (Å²) in [5.74, 6) is 0.0197. The number of anilines is 1. The van der Waals surface area contributed by atoms with Gasteiger partial charge in [-0.15, -0.1) is 5.10 Å². The van der Waals surface area contributed by atoms with Crippen molar-refractivity contribution < 1.29 is 21.9 Å². The number of carbonyl (C=O) groups excluding carboxylic acids is 1. The van der Waals surface area contributed by atoms with Crippen molar-refractivity contribution in [2.75, 3.05) is 4.90 Å². The van der Waals surface area contributed by atoms with Crippen LogP contribution in [-0.2, 0) is 21.9 Å². The maximum absolute atomic E-state index is 13.1. The van der Waals surface area contributed by atoms with E-state index in [1.807, 2.05) is 77.8 Å². The van der Waals surface area contributed by atoms with Crippen LogP contribution in [0.4, 0.5) is 5.69 Å². The largest absolute Gasteiger partial charge is 0.301 e. The van der Waals surface area contributed by atoms with Crippen LogP contribution in [0, 0.1) is 0 Å². The van der Waals surface area contributed by atoms with E-state index in [0.717, 1.165) is 35.4 Å². The number of amides is 1. The van der Waals surface area contributed by atoms with Gasteiger partial charge in [-0.25, -0.2) is 4.68 Å². The topological polar surface area (TPSA) is 51.0 Å². The van der Waals surface area contributed by atoms with Crippen LogP contribution in [0.1, 0.15) is 30.1 Å². The van der Waals surface area contributed by atoms with E-state index >= 15 is 0 Å². The molecule has 35 heavy (non-hydrogen) atoms. The molecule has 1 aromatic heterocycles. The zero-order valence-electron chi connectivity index (χ0n) is 19.2. The van der Waals surface area contributed by atoms with Crippen LogP contribution in [0.2, 0.25) is 0 Å². The van der Waals surface area contributed by atoms with E-state index in [4.69, 9.17) is 0 Å². The Labute approximate surface area is 216 Å². The minimum absolute atomic E-state index is 0. The van der Waals surface area contributed by atoms with Crippen molar-refractivity contribution in [2.24, 2.45) is 0 Å². The predicted octanol–water partition coefficient (Wildman–Crippen LogP) is 5.79. The summed E-state index contributed by atoms with van der Waals surface area (Å²) in [5, 5.41) is 8.56. The number of β-lactam (4-membered cyclic amide) rings is 1. The van der Waals surface area contributed by atoms with Crippen LogP contribution in [0.3, 0.4) is 0 Å². The summed E-state index contributed by atoms with van der Waals surface area (Å²) in [6.07, 6.45) is 22.7. The summed E-state index contributed by atoms with van der Waals surface area (Å²) in [6, 6.07) is 19.3. The van der Waals surface area contributed by atoms with E-state index in [2.05, 4.69) is 58.9 Å². The van der Waals surface area contributed by atoms with E-state index in [0.29, 0.717) is 0 Å². The molecule has 3 aliphatic rings. The molecule has 2 atom stereocenters.